The molecule has 0 amide bonds. The van der Waals surface area contributed by atoms with Crippen LogP contribution in [0.15, 0.2) is 22.7 Å². The van der Waals surface area contributed by atoms with Crippen LogP contribution in [0.5, 0.6) is 0 Å². The Morgan fingerprint density at radius 3 is 2.53 bits per heavy atom. The summed E-state index contributed by atoms with van der Waals surface area (Å²) in [6, 6.07) is 6.03. The van der Waals surface area contributed by atoms with Crippen molar-refractivity contribution in [3.8, 4) is 0 Å². The van der Waals surface area contributed by atoms with Crippen LogP contribution in [0.1, 0.15) is 37.7 Å². The predicted octanol–water partition coefficient (Wildman–Crippen LogP) is 4.59. The maximum Gasteiger partial charge on any atom is 0.0490 e. The van der Waals surface area contributed by atoms with Gasteiger partial charge in [0.1, 0.15) is 0 Å². The van der Waals surface area contributed by atoms with E-state index in [1.807, 2.05) is 12.1 Å². The molecule has 94 valence electrons. The van der Waals surface area contributed by atoms with Gasteiger partial charge in [-0.1, -0.05) is 52.9 Å². The molecule has 0 aliphatic heterocycles. The first-order valence-electron chi connectivity index (χ1n) is 6.20. The number of rotatable bonds is 3. The van der Waals surface area contributed by atoms with Crippen molar-refractivity contribution in [1.82, 2.24) is 0 Å². The fraction of sp³-hybridized carbons (Fsp3) is 0.571. The van der Waals surface area contributed by atoms with Crippen molar-refractivity contribution < 1.29 is 5.11 Å². The van der Waals surface area contributed by atoms with Crippen LogP contribution < -0.4 is 0 Å². The molecular formula is C14H18BrClO. The normalized spacial score (nSPS) is 19.2. The molecule has 3 heteroatoms. The molecule has 1 aromatic rings. The molecule has 0 atom stereocenters. The molecule has 0 aromatic heterocycles. The van der Waals surface area contributed by atoms with E-state index in [1.165, 1.54) is 19.3 Å². The van der Waals surface area contributed by atoms with Crippen molar-refractivity contribution >= 4 is 27.5 Å². The van der Waals surface area contributed by atoms with E-state index in [0.717, 1.165) is 34.3 Å². The molecule has 1 fully saturated rings. The first kappa shape index (κ1) is 13.4. The number of hydrogen-bond acceptors (Lipinski definition) is 1. The average molecular weight is 318 g/mol. The minimum absolute atomic E-state index is 0.0652. The van der Waals surface area contributed by atoms with Gasteiger partial charge in [-0.15, -0.1) is 0 Å². The van der Waals surface area contributed by atoms with Gasteiger partial charge in [-0.25, -0.2) is 0 Å². The zero-order valence-corrected chi connectivity index (χ0v) is 12.2. The Bertz CT molecular complexity index is 386. The molecule has 17 heavy (non-hydrogen) atoms. The fourth-order valence-corrected chi connectivity index (χ4v) is 3.50. The minimum atomic E-state index is 0.0652. The molecule has 0 radical (unpaired) electrons. The molecule has 1 aromatic carbocycles. The quantitative estimate of drug-likeness (QED) is 0.864. The molecule has 1 nitrogen and oxygen atoms in total. The average Bonchev–Trinajstić information content (AvgIpc) is 2.34. The van der Waals surface area contributed by atoms with Crippen LogP contribution in [0, 0.1) is 5.41 Å². The highest BCUT2D eigenvalue weighted by molar-refractivity contribution is 9.10. The maximum atomic E-state index is 9.70. The number of benzene rings is 1. The van der Waals surface area contributed by atoms with Gasteiger partial charge in [0.25, 0.3) is 0 Å². The summed E-state index contributed by atoms with van der Waals surface area (Å²) in [7, 11) is 0. The summed E-state index contributed by atoms with van der Waals surface area (Å²) in [6.07, 6.45) is 6.90. The van der Waals surface area contributed by atoms with Gasteiger partial charge in [0.2, 0.25) is 0 Å². The molecule has 0 spiro atoms. The SMILES string of the molecule is OCC1(Cc2ccc(Br)cc2Cl)CCCCC1. The van der Waals surface area contributed by atoms with Crippen molar-refractivity contribution in [2.75, 3.05) is 6.61 Å². The standard InChI is InChI=1S/C14H18BrClO/c15-12-5-4-11(13(16)8-12)9-14(10-17)6-2-1-3-7-14/h4-5,8,17H,1-3,6-7,9-10H2. The molecule has 0 bridgehead atoms. The zero-order valence-electron chi connectivity index (χ0n) is 9.88. The smallest absolute Gasteiger partial charge is 0.0490 e. The van der Waals surface area contributed by atoms with Crippen LogP contribution in [-0.4, -0.2) is 11.7 Å². The number of aliphatic hydroxyl groups excluding tert-OH is 1. The molecule has 0 heterocycles. The summed E-state index contributed by atoms with van der Waals surface area (Å²) in [6.45, 7) is 0.277. The molecule has 1 aliphatic carbocycles. The topological polar surface area (TPSA) is 20.2 Å². The maximum absolute atomic E-state index is 9.70. The highest BCUT2D eigenvalue weighted by atomic mass is 79.9. The van der Waals surface area contributed by atoms with Gasteiger partial charge in [-0.3, -0.25) is 0 Å². The van der Waals surface area contributed by atoms with Crippen molar-refractivity contribution in [2.24, 2.45) is 5.41 Å². The number of aliphatic hydroxyl groups is 1. The Hall–Kier alpha value is -0.0500. The summed E-state index contributed by atoms with van der Waals surface area (Å²) in [5.74, 6) is 0. The lowest BCUT2D eigenvalue weighted by Gasteiger charge is -2.36. The van der Waals surface area contributed by atoms with Crippen LogP contribution >= 0.6 is 27.5 Å². The highest BCUT2D eigenvalue weighted by Crippen LogP contribution is 2.40. The van der Waals surface area contributed by atoms with Gasteiger partial charge in [0.05, 0.1) is 0 Å². The van der Waals surface area contributed by atoms with Gasteiger partial charge in [-0.2, -0.15) is 0 Å². The van der Waals surface area contributed by atoms with Crippen LogP contribution in [-0.2, 0) is 6.42 Å². The van der Waals surface area contributed by atoms with Crippen molar-refractivity contribution in [2.45, 2.75) is 38.5 Å². The molecule has 1 N–H and O–H groups in total. The van der Waals surface area contributed by atoms with Crippen LogP contribution in [0.25, 0.3) is 0 Å². The lowest BCUT2D eigenvalue weighted by Crippen LogP contribution is -2.30. The summed E-state index contributed by atoms with van der Waals surface area (Å²) in [4.78, 5) is 0. The lowest BCUT2D eigenvalue weighted by molar-refractivity contribution is 0.0824. The Labute approximate surface area is 116 Å². The van der Waals surface area contributed by atoms with Crippen molar-refractivity contribution in [3.05, 3.63) is 33.3 Å². The fourth-order valence-electron chi connectivity index (χ4n) is 2.76. The molecule has 1 aliphatic rings. The van der Waals surface area contributed by atoms with Crippen molar-refractivity contribution in [1.29, 1.82) is 0 Å². The first-order chi connectivity index (χ1) is 8.15. The van der Waals surface area contributed by atoms with E-state index in [1.54, 1.807) is 0 Å². The minimum Gasteiger partial charge on any atom is -0.396 e. The van der Waals surface area contributed by atoms with Crippen LogP contribution in [0.4, 0.5) is 0 Å². The molecule has 0 unspecified atom stereocenters. The molecule has 0 saturated heterocycles. The third-order valence-electron chi connectivity index (χ3n) is 3.83. The van der Waals surface area contributed by atoms with E-state index < -0.39 is 0 Å². The van der Waals surface area contributed by atoms with E-state index in [4.69, 9.17) is 11.6 Å². The van der Waals surface area contributed by atoms with Crippen LogP contribution in [0.3, 0.4) is 0 Å². The van der Waals surface area contributed by atoms with Gasteiger partial charge < -0.3 is 5.11 Å². The second-order valence-corrected chi connectivity index (χ2v) is 6.45. The summed E-state index contributed by atoms with van der Waals surface area (Å²) in [5, 5.41) is 10.5. The summed E-state index contributed by atoms with van der Waals surface area (Å²) >= 11 is 9.67. The van der Waals surface area contributed by atoms with E-state index in [9.17, 15) is 5.11 Å². The number of hydrogen-bond donors (Lipinski definition) is 1. The van der Waals surface area contributed by atoms with Gasteiger partial charge in [0.15, 0.2) is 0 Å². The third-order valence-corrected chi connectivity index (χ3v) is 4.68. The second kappa shape index (κ2) is 5.73. The zero-order chi connectivity index (χ0) is 12.3. The monoisotopic (exact) mass is 316 g/mol. The van der Waals surface area contributed by atoms with Crippen LogP contribution in [0.2, 0.25) is 5.02 Å². The predicted molar refractivity (Wildman–Crippen MR) is 75.5 cm³/mol. The third kappa shape index (κ3) is 3.24. The van der Waals surface area contributed by atoms with E-state index in [0.29, 0.717) is 0 Å². The Kier molecular flexibility index (Phi) is 4.51. The van der Waals surface area contributed by atoms with E-state index >= 15 is 0 Å². The van der Waals surface area contributed by atoms with Crippen molar-refractivity contribution in [3.63, 3.8) is 0 Å². The largest absolute Gasteiger partial charge is 0.396 e. The number of halogens is 2. The molecular weight excluding hydrogens is 300 g/mol. The van der Waals surface area contributed by atoms with Gasteiger partial charge >= 0.3 is 0 Å². The first-order valence-corrected chi connectivity index (χ1v) is 7.37. The molecule has 2 rings (SSSR count). The second-order valence-electron chi connectivity index (χ2n) is 5.13. The van der Waals surface area contributed by atoms with E-state index in [2.05, 4.69) is 22.0 Å². The Balaban J connectivity index is 2.17. The summed E-state index contributed by atoms with van der Waals surface area (Å²) in [5.41, 5.74) is 1.22. The highest BCUT2D eigenvalue weighted by Gasteiger charge is 2.32. The molecule has 1 saturated carbocycles. The van der Waals surface area contributed by atoms with Gasteiger partial charge in [0, 0.05) is 16.1 Å². The lowest BCUT2D eigenvalue weighted by atomic mass is 9.71. The Morgan fingerprint density at radius 1 is 1.24 bits per heavy atom. The summed E-state index contributed by atoms with van der Waals surface area (Å²) < 4.78 is 1.01. The van der Waals surface area contributed by atoms with Gasteiger partial charge in [-0.05, 0) is 42.4 Å². The van der Waals surface area contributed by atoms with E-state index in [-0.39, 0.29) is 12.0 Å². The Morgan fingerprint density at radius 2 is 1.94 bits per heavy atom.